The van der Waals surface area contributed by atoms with Crippen LogP contribution in [0.15, 0.2) is 72.8 Å². The predicted octanol–water partition coefficient (Wildman–Crippen LogP) is 5.67. The second kappa shape index (κ2) is 13.2. The Labute approximate surface area is 236 Å². The minimum atomic E-state index is -1.03. The lowest BCUT2D eigenvalue weighted by Gasteiger charge is -2.34. The molecule has 0 spiro atoms. The SMILES string of the molecule is CCN(C(=O)C(Cc1ccc(O)cc1)NC(=O)OC(C)(C)C)C(C(=O)Nc1c(C)cccc1C)c1ccccc1. The van der Waals surface area contributed by atoms with Crippen LogP contribution in [0.3, 0.4) is 0 Å². The van der Waals surface area contributed by atoms with E-state index < -0.39 is 29.7 Å². The molecule has 0 aliphatic heterocycles. The number of aryl methyl sites for hydroxylation is 2. The van der Waals surface area contributed by atoms with Crippen molar-refractivity contribution >= 4 is 23.6 Å². The minimum Gasteiger partial charge on any atom is -0.508 e. The number of carbonyl (C=O) groups is 3. The Morgan fingerprint density at radius 1 is 0.900 bits per heavy atom. The number of likely N-dealkylation sites (N-methyl/N-ethyl adjacent to an activating group) is 1. The van der Waals surface area contributed by atoms with E-state index in [9.17, 15) is 19.5 Å². The quantitative estimate of drug-likeness (QED) is 0.321. The van der Waals surface area contributed by atoms with E-state index in [0.29, 0.717) is 11.3 Å². The molecule has 3 aromatic carbocycles. The second-order valence-electron chi connectivity index (χ2n) is 10.8. The molecule has 212 valence electrons. The molecule has 0 fully saturated rings. The lowest BCUT2D eigenvalue weighted by Crippen LogP contribution is -2.53. The lowest BCUT2D eigenvalue weighted by atomic mass is 10.00. The van der Waals surface area contributed by atoms with Gasteiger partial charge in [-0.25, -0.2) is 4.79 Å². The van der Waals surface area contributed by atoms with Crippen LogP contribution in [-0.2, 0) is 20.7 Å². The Morgan fingerprint density at radius 3 is 2.05 bits per heavy atom. The number of hydrogen-bond donors (Lipinski definition) is 3. The number of amides is 3. The molecule has 3 N–H and O–H groups in total. The summed E-state index contributed by atoms with van der Waals surface area (Å²) in [5, 5.41) is 15.5. The number of nitrogens with zero attached hydrogens (tertiary/aromatic N) is 1. The summed E-state index contributed by atoms with van der Waals surface area (Å²) in [6.07, 6.45) is -0.605. The molecule has 3 aromatic rings. The van der Waals surface area contributed by atoms with Gasteiger partial charge in [-0.2, -0.15) is 0 Å². The van der Waals surface area contributed by atoms with Crippen molar-refractivity contribution in [2.45, 2.75) is 65.6 Å². The fraction of sp³-hybridized carbons (Fsp3) is 0.344. The van der Waals surface area contributed by atoms with Gasteiger partial charge in [-0.15, -0.1) is 0 Å². The molecule has 8 heteroatoms. The highest BCUT2D eigenvalue weighted by Gasteiger charge is 2.36. The van der Waals surface area contributed by atoms with Crippen molar-refractivity contribution in [3.63, 3.8) is 0 Å². The molecule has 0 aromatic heterocycles. The number of carbonyl (C=O) groups excluding carboxylic acids is 3. The van der Waals surface area contributed by atoms with E-state index in [1.165, 1.54) is 17.0 Å². The van der Waals surface area contributed by atoms with Gasteiger partial charge in [-0.3, -0.25) is 9.59 Å². The van der Waals surface area contributed by atoms with Gasteiger partial charge < -0.3 is 25.4 Å². The van der Waals surface area contributed by atoms with Crippen LogP contribution in [0, 0.1) is 13.8 Å². The van der Waals surface area contributed by atoms with E-state index in [0.717, 1.165) is 16.7 Å². The van der Waals surface area contributed by atoms with Crippen LogP contribution in [0.5, 0.6) is 5.75 Å². The smallest absolute Gasteiger partial charge is 0.408 e. The molecule has 2 atom stereocenters. The number of ether oxygens (including phenoxy) is 1. The van der Waals surface area contributed by atoms with Gasteiger partial charge in [0.15, 0.2) is 0 Å². The number of anilines is 1. The third kappa shape index (κ3) is 8.09. The van der Waals surface area contributed by atoms with E-state index in [1.807, 2.05) is 50.2 Å². The monoisotopic (exact) mass is 545 g/mol. The number of para-hydroxylation sites is 1. The number of aromatic hydroxyl groups is 1. The molecule has 0 aliphatic carbocycles. The van der Waals surface area contributed by atoms with Gasteiger partial charge in [0.2, 0.25) is 5.91 Å². The van der Waals surface area contributed by atoms with Gasteiger partial charge in [0, 0.05) is 18.7 Å². The molecule has 8 nitrogen and oxygen atoms in total. The van der Waals surface area contributed by atoms with Crippen molar-refractivity contribution in [1.29, 1.82) is 0 Å². The Bertz CT molecular complexity index is 1300. The Kier molecular flexibility index (Phi) is 9.93. The zero-order chi connectivity index (χ0) is 29.4. The van der Waals surface area contributed by atoms with Crippen molar-refractivity contribution in [2.24, 2.45) is 0 Å². The van der Waals surface area contributed by atoms with Crippen LogP contribution >= 0.6 is 0 Å². The van der Waals surface area contributed by atoms with Crippen LogP contribution < -0.4 is 10.6 Å². The van der Waals surface area contributed by atoms with Crippen molar-refractivity contribution in [3.05, 3.63) is 95.1 Å². The normalized spacial score (nSPS) is 12.7. The van der Waals surface area contributed by atoms with Crippen LogP contribution in [-0.4, -0.2) is 46.1 Å². The summed E-state index contributed by atoms with van der Waals surface area (Å²) in [7, 11) is 0. The summed E-state index contributed by atoms with van der Waals surface area (Å²) in [5.74, 6) is -0.708. The van der Waals surface area contributed by atoms with Crippen LogP contribution in [0.4, 0.5) is 10.5 Å². The number of phenolic OH excluding ortho intramolecular Hbond substituents is 1. The van der Waals surface area contributed by atoms with E-state index in [1.54, 1.807) is 52.0 Å². The number of alkyl carbamates (subject to hydrolysis) is 1. The van der Waals surface area contributed by atoms with Crippen molar-refractivity contribution < 1.29 is 24.2 Å². The molecule has 40 heavy (non-hydrogen) atoms. The summed E-state index contributed by atoms with van der Waals surface area (Å²) in [6.45, 7) is 11.1. The molecule has 0 saturated carbocycles. The average molecular weight is 546 g/mol. The maximum atomic E-state index is 14.2. The average Bonchev–Trinajstić information content (AvgIpc) is 2.89. The lowest BCUT2D eigenvalue weighted by molar-refractivity contribution is -0.140. The minimum absolute atomic E-state index is 0.0919. The zero-order valence-corrected chi connectivity index (χ0v) is 24.0. The molecule has 2 unspecified atom stereocenters. The molecular formula is C32H39N3O5. The number of hydrogen-bond acceptors (Lipinski definition) is 5. The van der Waals surface area contributed by atoms with Gasteiger partial charge in [-0.05, 0) is 75.9 Å². The highest BCUT2D eigenvalue weighted by molar-refractivity contribution is 6.00. The third-order valence-electron chi connectivity index (χ3n) is 6.39. The molecule has 0 saturated heterocycles. The topological polar surface area (TPSA) is 108 Å². The van der Waals surface area contributed by atoms with Gasteiger partial charge in [0.1, 0.15) is 23.4 Å². The Balaban J connectivity index is 2.00. The number of benzene rings is 3. The summed E-state index contributed by atoms with van der Waals surface area (Å²) in [6, 6.07) is 19.3. The maximum Gasteiger partial charge on any atom is 0.408 e. The zero-order valence-electron chi connectivity index (χ0n) is 24.0. The van der Waals surface area contributed by atoms with Crippen LogP contribution in [0.2, 0.25) is 0 Å². The summed E-state index contributed by atoms with van der Waals surface area (Å²) < 4.78 is 5.45. The van der Waals surface area contributed by atoms with Crippen LogP contribution in [0.25, 0.3) is 0 Å². The third-order valence-corrected chi connectivity index (χ3v) is 6.39. The fourth-order valence-electron chi connectivity index (χ4n) is 4.49. The van der Waals surface area contributed by atoms with Gasteiger partial charge in [-0.1, -0.05) is 60.7 Å². The first-order valence-electron chi connectivity index (χ1n) is 13.4. The first kappa shape index (κ1) is 30.2. The predicted molar refractivity (Wildman–Crippen MR) is 156 cm³/mol. The summed E-state index contributed by atoms with van der Waals surface area (Å²) in [4.78, 5) is 42.4. The van der Waals surface area contributed by atoms with Crippen molar-refractivity contribution in [3.8, 4) is 5.75 Å². The van der Waals surface area contributed by atoms with Gasteiger partial charge in [0.05, 0.1) is 0 Å². The van der Waals surface area contributed by atoms with Gasteiger partial charge in [0.25, 0.3) is 5.91 Å². The van der Waals surface area contributed by atoms with E-state index >= 15 is 0 Å². The molecule has 0 aliphatic rings. The number of phenols is 1. The highest BCUT2D eigenvalue weighted by atomic mass is 16.6. The molecule has 3 rings (SSSR count). The van der Waals surface area contributed by atoms with E-state index in [4.69, 9.17) is 4.74 Å². The fourth-order valence-corrected chi connectivity index (χ4v) is 4.49. The molecular weight excluding hydrogens is 506 g/mol. The molecule has 0 heterocycles. The molecule has 3 amide bonds. The number of nitrogens with one attached hydrogen (secondary N) is 2. The number of rotatable bonds is 9. The highest BCUT2D eigenvalue weighted by Crippen LogP contribution is 2.27. The second-order valence-corrected chi connectivity index (χ2v) is 10.8. The van der Waals surface area contributed by atoms with E-state index in [-0.39, 0.29) is 24.6 Å². The van der Waals surface area contributed by atoms with Crippen molar-refractivity contribution in [1.82, 2.24) is 10.2 Å². The first-order chi connectivity index (χ1) is 18.9. The molecule has 0 bridgehead atoms. The summed E-state index contributed by atoms with van der Waals surface area (Å²) in [5.41, 5.74) is 3.11. The first-order valence-corrected chi connectivity index (χ1v) is 13.4. The van der Waals surface area contributed by atoms with Gasteiger partial charge >= 0.3 is 6.09 Å². The van der Waals surface area contributed by atoms with E-state index in [2.05, 4.69) is 10.6 Å². The Hall–Kier alpha value is -4.33. The molecule has 0 radical (unpaired) electrons. The maximum absolute atomic E-state index is 14.2. The van der Waals surface area contributed by atoms with Crippen LogP contribution in [0.1, 0.15) is 56.0 Å². The van der Waals surface area contributed by atoms with Crippen molar-refractivity contribution in [2.75, 3.05) is 11.9 Å². The standard InChI is InChI=1S/C32H39N3O5/c1-7-35(28(24-14-9-8-10-15-24)29(37)34-27-21(2)12-11-13-22(27)3)30(38)26(33-31(39)40-32(4,5)6)20-23-16-18-25(36)19-17-23/h8-19,26,28,36H,7,20H2,1-6H3,(H,33,39)(H,34,37). The summed E-state index contributed by atoms with van der Waals surface area (Å²) >= 11 is 0. The largest absolute Gasteiger partial charge is 0.508 e. The Morgan fingerprint density at radius 2 is 1.50 bits per heavy atom.